The van der Waals surface area contributed by atoms with Gasteiger partial charge in [0.1, 0.15) is 23.3 Å². The van der Waals surface area contributed by atoms with E-state index in [2.05, 4.69) is 5.32 Å². The van der Waals surface area contributed by atoms with E-state index in [4.69, 9.17) is 14.2 Å². The highest BCUT2D eigenvalue weighted by molar-refractivity contribution is 7.92. The first-order valence-electron chi connectivity index (χ1n) is 9.28. The average molecular weight is 437 g/mol. The molecule has 30 heavy (non-hydrogen) atoms. The van der Waals surface area contributed by atoms with Gasteiger partial charge in [-0.3, -0.25) is 9.10 Å². The summed E-state index contributed by atoms with van der Waals surface area (Å²) in [6.45, 7) is 3.35. The molecule has 0 saturated heterocycles. The van der Waals surface area contributed by atoms with Crippen molar-refractivity contribution in [1.82, 2.24) is 5.32 Å². The number of anilines is 1. The van der Waals surface area contributed by atoms with Crippen LogP contribution in [-0.2, 0) is 14.8 Å². The van der Waals surface area contributed by atoms with Crippen LogP contribution in [0.25, 0.3) is 0 Å². The predicted molar refractivity (Wildman–Crippen MR) is 116 cm³/mol. The third-order valence-electron chi connectivity index (χ3n) is 4.69. The van der Waals surface area contributed by atoms with E-state index in [1.807, 2.05) is 19.1 Å². The Hall–Kier alpha value is -2.94. The maximum atomic E-state index is 13.0. The molecule has 0 fully saturated rings. The van der Waals surface area contributed by atoms with E-state index in [-0.39, 0.29) is 11.7 Å². The Morgan fingerprint density at radius 1 is 0.933 bits per heavy atom. The van der Waals surface area contributed by atoms with Crippen LogP contribution in [0.3, 0.4) is 0 Å². The summed E-state index contributed by atoms with van der Waals surface area (Å²) in [5, 5.41) is 2.86. The first-order valence-corrected chi connectivity index (χ1v) is 11.1. The number of hydrogen-bond acceptors (Lipinski definition) is 6. The van der Waals surface area contributed by atoms with Crippen molar-refractivity contribution in [3.05, 3.63) is 48.0 Å². The minimum atomic E-state index is -3.81. The van der Waals surface area contributed by atoms with Gasteiger partial charge in [0.15, 0.2) is 0 Å². The molecule has 0 bridgehead atoms. The Morgan fingerprint density at radius 3 is 2.00 bits per heavy atom. The van der Waals surface area contributed by atoms with E-state index in [0.717, 1.165) is 16.1 Å². The molecule has 0 aliphatic carbocycles. The molecule has 0 spiro atoms. The van der Waals surface area contributed by atoms with Crippen molar-refractivity contribution in [2.75, 3.05) is 31.9 Å². The minimum absolute atomic E-state index is 0.221. The van der Waals surface area contributed by atoms with Crippen LogP contribution in [-0.4, -0.2) is 48.0 Å². The van der Waals surface area contributed by atoms with Crippen LogP contribution in [0.4, 0.5) is 5.69 Å². The van der Waals surface area contributed by atoms with Crippen molar-refractivity contribution in [2.24, 2.45) is 0 Å². The molecule has 2 atom stereocenters. The van der Waals surface area contributed by atoms with Crippen LogP contribution in [0.15, 0.2) is 42.5 Å². The number of sulfonamides is 1. The maximum Gasteiger partial charge on any atom is 0.244 e. The summed E-state index contributed by atoms with van der Waals surface area (Å²) < 4.78 is 41.9. The monoisotopic (exact) mass is 436 g/mol. The summed E-state index contributed by atoms with van der Waals surface area (Å²) in [6, 6.07) is 10.7. The zero-order chi connectivity index (χ0) is 22.5. The fourth-order valence-electron chi connectivity index (χ4n) is 3.06. The molecule has 2 aromatic rings. The summed E-state index contributed by atoms with van der Waals surface area (Å²) in [5.41, 5.74) is 1.08. The number of carbonyl (C=O) groups excluding carboxylic acids is 1. The van der Waals surface area contributed by atoms with Crippen LogP contribution >= 0.6 is 0 Å². The number of nitrogens with one attached hydrogen (secondary N) is 1. The molecule has 2 aromatic carbocycles. The van der Waals surface area contributed by atoms with E-state index in [1.165, 1.54) is 27.2 Å². The lowest BCUT2D eigenvalue weighted by Crippen LogP contribution is -2.48. The summed E-state index contributed by atoms with van der Waals surface area (Å²) in [7, 11) is 0.677. The molecule has 0 radical (unpaired) electrons. The Balaban J connectivity index is 2.33. The molecular weight excluding hydrogens is 408 g/mol. The van der Waals surface area contributed by atoms with Gasteiger partial charge in [-0.15, -0.1) is 0 Å². The van der Waals surface area contributed by atoms with Gasteiger partial charge in [-0.1, -0.05) is 12.1 Å². The van der Waals surface area contributed by atoms with Crippen LogP contribution in [0.1, 0.15) is 25.5 Å². The number of methoxy groups -OCH3 is 3. The van der Waals surface area contributed by atoms with E-state index >= 15 is 0 Å². The molecule has 9 heteroatoms. The van der Waals surface area contributed by atoms with Gasteiger partial charge in [0.25, 0.3) is 0 Å². The quantitative estimate of drug-likeness (QED) is 0.650. The van der Waals surface area contributed by atoms with Gasteiger partial charge in [0.2, 0.25) is 15.9 Å². The number of benzene rings is 2. The zero-order valence-corrected chi connectivity index (χ0v) is 18.8. The first-order chi connectivity index (χ1) is 14.1. The highest BCUT2D eigenvalue weighted by Gasteiger charge is 2.32. The Morgan fingerprint density at radius 2 is 1.50 bits per heavy atom. The number of nitrogens with zero attached hydrogens (tertiary/aromatic N) is 1. The molecule has 0 aliphatic heterocycles. The van der Waals surface area contributed by atoms with Crippen molar-refractivity contribution >= 4 is 21.6 Å². The number of carbonyl (C=O) groups is 1. The lowest BCUT2D eigenvalue weighted by molar-refractivity contribution is -0.122. The predicted octanol–water partition coefficient (Wildman–Crippen LogP) is 2.74. The van der Waals surface area contributed by atoms with E-state index < -0.39 is 22.0 Å². The molecule has 8 nitrogen and oxygen atoms in total. The molecule has 0 unspecified atom stereocenters. The number of amides is 1. The minimum Gasteiger partial charge on any atom is -0.497 e. The van der Waals surface area contributed by atoms with Crippen molar-refractivity contribution in [3.63, 3.8) is 0 Å². The van der Waals surface area contributed by atoms with Crippen molar-refractivity contribution in [3.8, 4) is 17.2 Å². The fraction of sp³-hybridized carbons (Fsp3) is 0.381. The second kappa shape index (κ2) is 9.71. The van der Waals surface area contributed by atoms with Crippen molar-refractivity contribution < 1.29 is 27.4 Å². The van der Waals surface area contributed by atoms with Gasteiger partial charge in [-0.25, -0.2) is 8.42 Å². The number of rotatable bonds is 9. The maximum absolute atomic E-state index is 13.0. The summed E-state index contributed by atoms with van der Waals surface area (Å²) in [5.74, 6) is 1.01. The topological polar surface area (TPSA) is 94.2 Å². The normalized spacial score (nSPS) is 13.1. The smallest absolute Gasteiger partial charge is 0.244 e. The largest absolute Gasteiger partial charge is 0.497 e. The molecule has 0 heterocycles. The second-order valence-electron chi connectivity index (χ2n) is 6.78. The highest BCUT2D eigenvalue weighted by atomic mass is 32.2. The van der Waals surface area contributed by atoms with E-state index in [1.54, 1.807) is 31.4 Å². The molecule has 0 aliphatic rings. The third-order valence-corrected chi connectivity index (χ3v) is 5.91. The van der Waals surface area contributed by atoms with Gasteiger partial charge in [0, 0.05) is 6.07 Å². The molecule has 0 saturated carbocycles. The second-order valence-corrected chi connectivity index (χ2v) is 8.64. The number of ether oxygens (including phenoxy) is 3. The summed E-state index contributed by atoms with van der Waals surface area (Å²) in [6.07, 6.45) is 1.04. The van der Waals surface area contributed by atoms with E-state index in [9.17, 15) is 13.2 Å². The van der Waals surface area contributed by atoms with Crippen molar-refractivity contribution in [2.45, 2.75) is 25.9 Å². The standard InChI is InChI=1S/C21H28N2O6S/c1-14(16-7-9-17(27-3)10-8-16)22-21(24)15(2)23(30(6,25)26)19-13-18(28-4)11-12-20(19)29-5/h7-15H,1-6H3,(H,22,24)/t14-,15+/m1/s1. The lowest BCUT2D eigenvalue weighted by Gasteiger charge is -2.30. The SMILES string of the molecule is COc1ccc([C@@H](C)NC(=O)[C@H](C)N(c2cc(OC)ccc2OC)S(C)(=O)=O)cc1. The average Bonchev–Trinajstić information content (AvgIpc) is 2.72. The van der Waals surface area contributed by atoms with Crippen LogP contribution in [0.5, 0.6) is 17.2 Å². The van der Waals surface area contributed by atoms with Gasteiger partial charge >= 0.3 is 0 Å². The Labute approximate surface area is 177 Å². The molecule has 1 N–H and O–H groups in total. The van der Waals surface area contributed by atoms with Crippen LogP contribution in [0, 0.1) is 0 Å². The van der Waals surface area contributed by atoms with Gasteiger partial charge in [-0.2, -0.15) is 0 Å². The lowest BCUT2D eigenvalue weighted by atomic mass is 10.1. The molecule has 164 valence electrons. The van der Waals surface area contributed by atoms with Gasteiger partial charge < -0.3 is 19.5 Å². The number of hydrogen-bond donors (Lipinski definition) is 1. The van der Waals surface area contributed by atoms with Crippen molar-refractivity contribution in [1.29, 1.82) is 0 Å². The Bertz CT molecular complexity index is 975. The highest BCUT2D eigenvalue weighted by Crippen LogP contribution is 2.35. The molecule has 1 amide bonds. The molecular formula is C21H28N2O6S. The summed E-state index contributed by atoms with van der Waals surface area (Å²) >= 11 is 0. The molecule has 0 aromatic heterocycles. The first kappa shape index (κ1) is 23.3. The summed E-state index contributed by atoms with van der Waals surface area (Å²) in [4.78, 5) is 13.0. The van der Waals surface area contributed by atoms with Gasteiger partial charge in [0.05, 0.1) is 39.3 Å². The third kappa shape index (κ3) is 5.35. The Kier molecular flexibility index (Phi) is 7.55. The van der Waals surface area contributed by atoms with E-state index in [0.29, 0.717) is 17.2 Å². The zero-order valence-electron chi connectivity index (χ0n) is 18.0. The van der Waals surface area contributed by atoms with Gasteiger partial charge in [-0.05, 0) is 43.7 Å². The fourth-order valence-corrected chi connectivity index (χ4v) is 4.23. The van der Waals surface area contributed by atoms with Crippen LogP contribution in [0.2, 0.25) is 0 Å². The van der Waals surface area contributed by atoms with Crippen LogP contribution < -0.4 is 23.8 Å². The molecule has 2 rings (SSSR count).